The molecule has 1 rings (SSSR count). The maximum Gasteiger partial charge on any atom is 0.332 e. The molecule has 0 bridgehead atoms. The topological polar surface area (TPSA) is 108 Å². The summed E-state index contributed by atoms with van der Waals surface area (Å²) < 4.78 is 5.27. The average Bonchev–Trinajstić information content (AvgIpc) is 2.41. The molecule has 0 aliphatic rings. The molecule has 0 radical (unpaired) electrons. The van der Waals surface area contributed by atoms with E-state index in [1.165, 1.54) is 0 Å². The number of nitrogens with one attached hydrogen (secondary N) is 2. The number of aliphatic hydroxyl groups excluding tert-OH is 1. The third-order valence-corrected chi connectivity index (χ3v) is 2.41. The van der Waals surface area contributed by atoms with Crippen molar-refractivity contribution in [2.24, 2.45) is 0 Å². The third kappa shape index (κ3) is 5.57. The van der Waals surface area contributed by atoms with E-state index in [2.05, 4.69) is 10.6 Å². The van der Waals surface area contributed by atoms with Gasteiger partial charge in [-0.1, -0.05) is 0 Å². The fourth-order valence-corrected chi connectivity index (χ4v) is 1.42. The van der Waals surface area contributed by atoms with Gasteiger partial charge in [0.2, 0.25) is 0 Å². The van der Waals surface area contributed by atoms with Crippen LogP contribution >= 0.6 is 0 Å². The van der Waals surface area contributed by atoms with E-state index in [0.29, 0.717) is 18.0 Å². The van der Waals surface area contributed by atoms with Crippen LogP contribution in [0.5, 0.6) is 5.75 Å². The number of ether oxygens (including phenoxy) is 1. The van der Waals surface area contributed by atoms with Crippen LogP contribution in [0.4, 0.5) is 10.5 Å². The lowest BCUT2D eigenvalue weighted by molar-refractivity contribution is -0.146. The number of urea groups is 1. The van der Waals surface area contributed by atoms with E-state index in [1.54, 1.807) is 24.3 Å². The van der Waals surface area contributed by atoms with Gasteiger partial charge in [0.1, 0.15) is 5.75 Å². The van der Waals surface area contributed by atoms with Crippen molar-refractivity contribution in [1.29, 1.82) is 0 Å². The van der Waals surface area contributed by atoms with E-state index < -0.39 is 18.1 Å². The van der Waals surface area contributed by atoms with Gasteiger partial charge in [0.25, 0.3) is 0 Å². The molecule has 0 aliphatic carbocycles. The van der Waals surface area contributed by atoms with Crippen molar-refractivity contribution in [2.45, 2.75) is 19.4 Å². The standard InChI is InChI=1S/C13H18N2O5/c1-2-20-10-5-3-9(4-6-10)15-13(19)14-8-7-11(16)12(17)18/h3-6,11,16H,2,7-8H2,1H3,(H,17,18)(H2,14,15,19)/t11-/m0/s1. The number of carbonyl (C=O) groups excluding carboxylic acids is 1. The first-order valence-corrected chi connectivity index (χ1v) is 6.21. The number of carboxylic acids is 1. The highest BCUT2D eigenvalue weighted by Crippen LogP contribution is 2.15. The van der Waals surface area contributed by atoms with Gasteiger partial charge in [-0.15, -0.1) is 0 Å². The predicted molar refractivity (Wildman–Crippen MR) is 72.9 cm³/mol. The molecule has 20 heavy (non-hydrogen) atoms. The van der Waals surface area contributed by atoms with Crippen LogP contribution in [0, 0.1) is 0 Å². The number of benzene rings is 1. The predicted octanol–water partition coefficient (Wildman–Crippen LogP) is 1.04. The molecule has 7 heteroatoms. The molecule has 1 aromatic carbocycles. The second-order valence-electron chi connectivity index (χ2n) is 3.98. The molecular weight excluding hydrogens is 264 g/mol. The Morgan fingerprint density at radius 3 is 2.50 bits per heavy atom. The summed E-state index contributed by atoms with van der Waals surface area (Å²) in [5.41, 5.74) is 0.588. The maximum atomic E-state index is 11.5. The van der Waals surface area contributed by atoms with Gasteiger partial charge in [0, 0.05) is 18.7 Å². The average molecular weight is 282 g/mol. The minimum Gasteiger partial charge on any atom is -0.494 e. The first kappa shape index (κ1) is 15.8. The number of amides is 2. The van der Waals surface area contributed by atoms with Gasteiger partial charge < -0.3 is 25.6 Å². The van der Waals surface area contributed by atoms with Crippen molar-refractivity contribution in [3.05, 3.63) is 24.3 Å². The van der Waals surface area contributed by atoms with Crippen molar-refractivity contribution in [3.8, 4) is 5.75 Å². The molecule has 2 amide bonds. The number of aliphatic carboxylic acids is 1. The smallest absolute Gasteiger partial charge is 0.332 e. The van der Waals surface area contributed by atoms with E-state index >= 15 is 0 Å². The summed E-state index contributed by atoms with van der Waals surface area (Å²) in [4.78, 5) is 21.9. The lowest BCUT2D eigenvalue weighted by atomic mass is 10.2. The highest BCUT2D eigenvalue weighted by molar-refractivity contribution is 5.89. The van der Waals surface area contributed by atoms with E-state index in [9.17, 15) is 9.59 Å². The Morgan fingerprint density at radius 2 is 1.95 bits per heavy atom. The van der Waals surface area contributed by atoms with Crippen LogP contribution < -0.4 is 15.4 Å². The molecule has 4 N–H and O–H groups in total. The summed E-state index contributed by atoms with van der Waals surface area (Å²) in [5.74, 6) is -0.596. The molecule has 0 aromatic heterocycles. The monoisotopic (exact) mass is 282 g/mol. The van der Waals surface area contributed by atoms with Crippen LogP contribution in [-0.4, -0.2) is 41.5 Å². The Morgan fingerprint density at radius 1 is 1.30 bits per heavy atom. The summed E-state index contributed by atoms with van der Waals surface area (Å²) in [7, 11) is 0. The lowest BCUT2D eigenvalue weighted by Crippen LogP contribution is -2.33. The molecule has 0 saturated carbocycles. The van der Waals surface area contributed by atoms with Crippen molar-refractivity contribution in [1.82, 2.24) is 5.32 Å². The fraction of sp³-hybridized carbons (Fsp3) is 0.385. The summed E-state index contributed by atoms with van der Waals surface area (Å²) >= 11 is 0. The van der Waals surface area contributed by atoms with Crippen molar-refractivity contribution >= 4 is 17.7 Å². The number of anilines is 1. The summed E-state index contributed by atoms with van der Waals surface area (Å²) in [6.45, 7) is 2.51. The summed E-state index contributed by atoms with van der Waals surface area (Å²) in [5, 5.41) is 22.5. The second-order valence-corrected chi connectivity index (χ2v) is 3.98. The zero-order valence-electron chi connectivity index (χ0n) is 11.1. The molecule has 1 aromatic rings. The number of hydrogen-bond donors (Lipinski definition) is 4. The van der Waals surface area contributed by atoms with Crippen LogP contribution in [0.15, 0.2) is 24.3 Å². The summed E-state index contributed by atoms with van der Waals surface area (Å²) in [6.07, 6.45) is -1.52. The largest absolute Gasteiger partial charge is 0.494 e. The van der Waals surface area contributed by atoms with Crippen LogP contribution in [0.3, 0.4) is 0 Å². The fourth-order valence-electron chi connectivity index (χ4n) is 1.42. The quantitative estimate of drug-likeness (QED) is 0.597. The minimum absolute atomic E-state index is 0.0496. The molecule has 0 aliphatic heterocycles. The zero-order valence-corrected chi connectivity index (χ0v) is 11.1. The molecule has 0 saturated heterocycles. The maximum absolute atomic E-state index is 11.5. The number of aliphatic hydroxyl groups is 1. The second kappa shape index (κ2) is 8.00. The normalized spacial score (nSPS) is 11.5. The number of rotatable bonds is 7. The van der Waals surface area contributed by atoms with Crippen molar-refractivity contribution in [3.63, 3.8) is 0 Å². The van der Waals surface area contributed by atoms with Gasteiger partial charge in [0.05, 0.1) is 6.61 Å². The van der Waals surface area contributed by atoms with Crippen LogP contribution in [-0.2, 0) is 4.79 Å². The van der Waals surface area contributed by atoms with Crippen LogP contribution in [0.1, 0.15) is 13.3 Å². The minimum atomic E-state index is -1.47. The highest BCUT2D eigenvalue weighted by Gasteiger charge is 2.12. The van der Waals surface area contributed by atoms with Gasteiger partial charge in [-0.25, -0.2) is 9.59 Å². The molecule has 110 valence electrons. The molecular formula is C13H18N2O5. The SMILES string of the molecule is CCOc1ccc(NC(=O)NCC[C@H](O)C(=O)O)cc1. The molecule has 1 atom stereocenters. The Labute approximate surface area is 116 Å². The Kier molecular flexibility index (Phi) is 6.31. The molecule has 0 fully saturated rings. The highest BCUT2D eigenvalue weighted by atomic mass is 16.5. The Bertz CT molecular complexity index is 447. The molecule has 0 unspecified atom stereocenters. The number of carbonyl (C=O) groups is 2. The molecule has 0 spiro atoms. The van der Waals surface area contributed by atoms with E-state index in [1.807, 2.05) is 6.92 Å². The van der Waals surface area contributed by atoms with E-state index in [4.69, 9.17) is 14.9 Å². The lowest BCUT2D eigenvalue weighted by Gasteiger charge is -2.09. The zero-order chi connectivity index (χ0) is 15.0. The van der Waals surface area contributed by atoms with Gasteiger partial charge in [0.15, 0.2) is 6.10 Å². The number of hydrogen-bond acceptors (Lipinski definition) is 4. The molecule has 7 nitrogen and oxygen atoms in total. The summed E-state index contributed by atoms with van der Waals surface area (Å²) in [6, 6.07) is 6.38. The van der Waals surface area contributed by atoms with E-state index in [-0.39, 0.29) is 13.0 Å². The van der Waals surface area contributed by atoms with Gasteiger partial charge in [-0.05, 0) is 31.2 Å². The third-order valence-electron chi connectivity index (χ3n) is 2.41. The van der Waals surface area contributed by atoms with Gasteiger partial charge in [-0.2, -0.15) is 0 Å². The van der Waals surface area contributed by atoms with Gasteiger partial charge >= 0.3 is 12.0 Å². The number of carboxylic acid groups (broad SMARTS) is 1. The van der Waals surface area contributed by atoms with Crippen molar-refractivity contribution in [2.75, 3.05) is 18.5 Å². The Hall–Kier alpha value is -2.28. The van der Waals surface area contributed by atoms with Crippen LogP contribution in [0.25, 0.3) is 0 Å². The first-order valence-electron chi connectivity index (χ1n) is 6.21. The van der Waals surface area contributed by atoms with Crippen LogP contribution in [0.2, 0.25) is 0 Å². The van der Waals surface area contributed by atoms with Crippen molar-refractivity contribution < 1.29 is 24.5 Å². The van der Waals surface area contributed by atoms with E-state index in [0.717, 1.165) is 0 Å². The van der Waals surface area contributed by atoms with Gasteiger partial charge in [-0.3, -0.25) is 0 Å². The Balaban J connectivity index is 2.33. The molecule has 0 heterocycles. The first-order chi connectivity index (χ1) is 9.52.